The molecule has 0 saturated heterocycles. The van der Waals surface area contributed by atoms with E-state index in [0.29, 0.717) is 18.2 Å². The van der Waals surface area contributed by atoms with E-state index in [1.807, 2.05) is 18.9 Å². The van der Waals surface area contributed by atoms with Gasteiger partial charge in [-0.3, -0.25) is 10.1 Å². The van der Waals surface area contributed by atoms with Gasteiger partial charge in [0.1, 0.15) is 11.6 Å². The molecule has 6 heteroatoms. The zero-order valence-electron chi connectivity index (χ0n) is 10.4. The van der Waals surface area contributed by atoms with Crippen molar-refractivity contribution in [1.82, 2.24) is 4.98 Å². The molecule has 94 valence electrons. The van der Waals surface area contributed by atoms with Gasteiger partial charge in [0.25, 0.3) is 5.69 Å². The normalized spacial score (nSPS) is 10.1. The fourth-order valence-corrected chi connectivity index (χ4v) is 1.52. The van der Waals surface area contributed by atoms with Gasteiger partial charge in [-0.15, -0.1) is 0 Å². The van der Waals surface area contributed by atoms with Crippen LogP contribution in [0.15, 0.2) is 12.1 Å². The van der Waals surface area contributed by atoms with Crippen molar-refractivity contribution in [3.05, 3.63) is 22.2 Å². The van der Waals surface area contributed by atoms with E-state index in [4.69, 9.17) is 0 Å². The summed E-state index contributed by atoms with van der Waals surface area (Å²) in [7, 11) is 1.88. The Morgan fingerprint density at radius 1 is 1.47 bits per heavy atom. The lowest BCUT2D eigenvalue weighted by atomic mass is 10.3. The average molecular weight is 238 g/mol. The van der Waals surface area contributed by atoms with Gasteiger partial charge in [-0.2, -0.15) is 0 Å². The molecule has 0 aliphatic carbocycles. The number of rotatable bonds is 6. The quantitative estimate of drug-likeness (QED) is 0.608. The molecule has 1 rings (SSSR count). The van der Waals surface area contributed by atoms with Crippen molar-refractivity contribution in [3.8, 4) is 0 Å². The van der Waals surface area contributed by atoms with Crippen LogP contribution in [0.5, 0.6) is 0 Å². The summed E-state index contributed by atoms with van der Waals surface area (Å²) in [5.41, 5.74) is 0.0638. The fourth-order valence-electron chi connectivity index (χ4n) is 1.52. The first-order chi connectivity index (χ1) is 8.08. The summed E-state index contributed by atoms with van der Waals surface area (Å²) in [5, 5.41) is 13.8. The molecular weight excluding hydrogens is 220 g/mol. The van der Waals surface area contributed by atoms with Crippen LogP contribution < -0.4 is 10.2 Å². The Bertz CT molecular complexity index is 395. The molecule has 0 aliphatic rings. The third-order valence-electron chi connectivity index (χ3n) is 2.32. The molecule has 0 bridgehead atoms. The highest BCUT2D eigenvalue weighted by molar-refractivity contribution is 5.55. The van der Waals surface area contributed by atoms with Crippen molar-refractivity contribution in [2.45, 2.75) is 20.3 Å². The maximum absolute atomic E-state index is 10.8. The molecule has 0 aliphatic heterocycles. The highest BCUT2D eigenvalue weighted by atomic mass is 16.6. The molecule has 0 aromatic carbocycles. The smallest absolute Gasteiger partial charge is 0.276 e. The number of hydrogen-bond acceptors (Lipinski definition) is 5. The predicted octanol–water partition coefficient (Wildman–Crippen LogP) is 2.27. The summed E-state index contributed by atoms with van der Waals surface area (Å²) in [6.07, 6.45) is 0.970. The summed E-state index contributed by atoms with van der Waals surface area (Å²) in [5.74, 6) is 1.16. The van der Waals surface area contributed by atoms with E-state index in [9.17, 15) is 10.1 Å². The van der Waals surface area contributed by atoms with Crippen LogP contribution in [0.4, 0.5) is 17.3 Å². The summed E-state index contributed by atoms with van der Waals surface area (Å²) in [6.45, 7) is 5.49. The Labute approximate surface area is 101 Å². The van der Waals surface area contributed by atoms with Gasteiger partial charge in [0.05, 0.1) is 17.1 Å². The number of hydrogen-bond donors (Lipinski definition) is 1. The SMILES string of the molecule is CCCN(C)c1cc([N+](=O)[O-])cc(NCC)n1. The standard InChI is InChI=1S/C11H18N4O2/c1-4-6-14(3)11-8-9(15(16)17)7-10(13-11)12-5-2/h7-8H,4-6H2,1-3H3,(H,12,13). The van der Waals surface area contributed by atoms with E-state index in [1.54, 1.807) is 0 Å². The second kappa shape index (κ2) is 6.03. The summed E-state index contributed by atoms with van der Waals surface area (Å²) >= 11 is 0. The monoisotopic (exact) mass is 238 g/mol. The van der Waals surface area contributed by atoms with Crippen molar-refractivity contribution < 1.29 is 4.92 Å². The predicted molar refractivity (Wildman–Crippen MR) is 68.6 cm³/mol. The van der Waals surface area contributed by atoms with E-state index < -0.39 is 4.92 Å². The molecule has 6 nitrogen and oxygen atoms in total. The molecule has 0 saturated carbocycles. The molecule has 0 fully saturated rings. The summed E-state index contributed by atoms with van der Waals surface area (Å²) < 4.78 is 0. The highest BCUT2D eigenvalue weighted by Gasteiger charge is 2.13. The van der Waals surface area contributed by atoms with Crippen LogP contribution in [0.25, 0.3) is 0 Å². The molecule has 0 amide bonds. The van der Waals surface area contributed by atoms with Crippen LogP contribution in [0.2, 0.25) is 0 Å². The van der Waals surface area contributed by atoms with Crippen molar-refractivity contribution in [3.63, 3.8) is 0 Å². The minimum absolute atomic E-state index is 0.0638. The fraction of sp³-hybridized carbons (Fsp3) is 0.545. The van der Waals surface area contributed by atoms with E-state index in [0.717, 1.165) is 13.0 Å². The summed E-state index contributed by atoms with van der Waals surface area (Å²) in [6, 6.07) is 2.95. The van der Waals surface area contributed by atoms with E-state index in [1.165, 1.54) is 12.1 Å². The lowest BCUT2D eigenvalue weighted by Crippen LogP contribution is -2.19. The minimum atomic E-state index is -0.397. The summed E-state index contributed by atoms with van der Waals surface area (Å²) in [4.78, 5) is 16.7. The zero-order valence-corrected chi connectivity index (χ0v) is 10.4. The lowest BCUT2D eigenvalue weighted by Gasteiger charge is -2.17. The number of anilines is 2. The second-order valence-corrected chi connectivity index (χ2v) is 3.78. The van der Waals surface area contributed by atoms with Crippen LogP contribution in [0.1, 0.15) is 20.3 Å². The first-order valence-corrected chi connectivity index (χ1v) is 5.70. The van der Waals surface area contributed by atoms with Gasteiger partial charge in [-0.1, -0.05) is 6.92 Å². The van der Waals surface area contributed by atoms with Crippen molar-refractivity contribution in [2.75, 3.05) is 30.4 Å². The Hall–Kier alpha value is -1.85. The van der Waals surface area contributed by atoms with E-state index >= 15 is 0 Å². The molecule has 1 aromatic heterocycles. The average Bonchev–Trinajstić information content (AvgIpc) is 2.29. The van der Waals surface area contributed by atoms with Crippen LogP contribution in [-0.2, 0) is 0 Å². The maximum Gasteiger partial charge on any atom is 0.276 e. The topological polar surface area (TPSA) is 71.3 Å². The van der Waals surface area contributed by atoms with Gasteiger partial charge < -0.3 is 10.2 Å². The van der Waals surface area contributed by atoms with Gasteiger partial charge in [0, 0.05) is 20.1 Å². The molecule has 1 aromatic rings. The molecule has 0 atom stereocenters. The number of nitro groups is 1. The van der Waals surface area contributed by atoms with E-state index in [-0.39, 0.29) is 5.69 Å². The number of nitrogens with zero attached hydrogens (tertiary/aromatic N) is 3. The Balaban J connectivity index is 3.07. The van der Waals surface area contributed by atoms with Crippen molar-refractivity contribution >= 4 is 17.3 Å². The maximum atomic E-state index is 10.8. The van der Waals surface area contributed by atoms with Crippen LogP contribution in [0.3, 0.4) is 0 Å². The van der Waals surface area contributed by atoms with Gasteiger partial charge in [0.15, 0.2) is 0 Å². The van der Waals surface area contributed by atoms with Gasteiger partial charge >= 0.3 is 0 Å². The van der Waals surface area contributed by atoms with Crippen LogP contribution in [-0.4, -0.2) is 30.0 Å². The van der Waals surface area contributed by atoms with Gasteiger partial charge in [0.2, 0.25) is 0 Å². The number of pyridine rings is 1. The molecule has 17 heavy (non-hydrogen) atoms. The van der Waals surface area contributed by atoms with Gasteiger partial charge in [-0.05, 0) is 13.3 Å². The number of aromatic nitrogens is 1. The van der Waals surface area contributed by atoms with E-state index in [2.05, 4.69) is 17.2 Å². The first-order valence-electron chi connectivity index (χ1n) is 5.70. The van der Waals surface area contributed by atoms with Crippen molar-refractivity contribution in [1.29, 1.82) is 0 Å². The highest BCUT2D eigenvalue weighted by Crippen LogP contribution is 2.22. The zero-order chi connectivity index (χ0) is 12.8. The largest absolute Gasteiger partial charge is 0.370 e. The Morgan fingerprint density at radius 3 is 2.71 bits per heavy atom. The molecular formula is C11H18N4O2. The molecule has 1 heterocycles. The lowest BCUT2D eigenvalue weighted by molar-refractivity contribution is -0.384. The van der Waals surface area contributed by atoms with Crippen LogP contribution in [0, 0.1) is 10.1 Å². The Morgan fingerprint density at radius 2 is 2.18 bits per heavy atom. The molecule has 1 N–H and O–H groups in total. The number of nitrogens with one attached hydrogen (secondary N) is 1. The molecule has 0 unspecified atom stereocenters. The third kappa shape index (κ3) is 3.58. The Kier molecular flexibility index (Phi) is 4.68. The first kappa shape index (κ1) is 13.2. The molecule has 0 radical (unpaired) electrons. The van der Waals surface area contributed by atoms with Gasteiger partial charge in [-0.25, -0.2) is 4.98 Å². The molecule has 0 spiro atoms. The second-order valence-electron chi connectivity index (χ2n) is 3.78. The van der Waals surface area contributed by atoms with Crippen molar-refractivity contribution in [2.24, 2.45) is 0 Å². The van der Waals surface area contributed by atoms with Crippen LogP contribution >= 0.6 is 0 Å². The third-order valence-corrected chi connectivity index (χ3v) is 2.32. The minimum Gasteiger partial charge on any atom is -0.370 e.